The molecule has 100 valence electrons. The number of nitrogens with one attached hydrogen (secondary N) is 1. The Hall–Kier alpha value is -1.19. The average Bonchev–Trinajstić information content (AvgIpc) is 2.41. The molecular formula is C16H19BrN2. The lowest BCUT2D eigenvalue weighted by Crippen LogP contribution is -2.20. The first kappa shape index (κ1) is 14.2. The average molecular weight is 319 g/mol. The van der Waals surface area contributed by atoms with Crippen LogP contribution in [0.15, 0.2) is 41.0 Å². The zero-order valence-corrected chi connectivity index (χ0v) is 13.2. The van der Waals surface area contributed by atoms with Crippen molar-refractivity contribution in [2.45, 2.75) is 26.3 Å². The van der Waals surface area contributed by atoms with E-state index in [2.05, 4.69) is 64.3 Å². The minimum Gasteiger partial charge on any atom is -0.313 e. The van der Waals surface area contributed by atoms with E-state index >= 15 is 0 Å². The molecule has 0 radical (unpaired) electrons. The second kappa shape index (κ2) is 6.31. The van der Waals surface area contributed by atoms with E-state index in [0.717, 1.165) is 16.6 Å². The third-order valence-corrected chi connectivity index (χ3v) is 4.41. The van der Waals surface area contributed by atoms with Crippen LogP contribution in [0, 0.1) is 13.8 Å². The minimum absolute atomic E-state index is 0.283. The Morgan fingerprint density at radius 1 is 1.21 bits per heavy atom. The number of aromatic nitrogens is 1. The van der Waals surface area contributed by atoms with Gasteiger partial charge in [-0.05, 0) is 49.7 Å². The van der Waals surface area contributed by atoms with Crippen LogP contribution in [-0.4, -0.2) is 12.0 Å². The molecule has 3 heteroatoms. The van der Waals surface area contributed by atoms with Crippen LogP contribution >= 0.6 is 15.9 Å². The molecule has 0 bridgehead atoms. The molecule has 0 fully saturated rings. The molecule has 1 unspecified atom stereocenters. The summed E-state index contributed by atoms with van der Waals surface area (Å²) in [7, 11) is 2.00. The van der Waals surface area contributed by atoms with Crippen LogP contribution < -0.4 is 5.32 Å². The highest BCUT2D eigenvalue weighted by atomic mass is 79.9. The molecule has 1 aromatic heterocycles. The van der Waals surface area contributed by atoms with Gasteiger partial charge in [-0.15, -0.1) is 0 Å². The molecule has 0 aliphatic heterocycles. The lowest BCUT2D eigenvalue weighted by molar-refractivity contribution is 0.579. The molecular weight excluding hydrogens is 300 g/mol. The van der Waals surface area contributed by atoms with Crippen LogP contribution in [0.4, 0.5) is 0 Å². The van der Waals surface area contributed by atoms with Crippen LogP contribution in [0.1, 0.15) is 28.4 Å². The molecule has 0 aliphatic rings. The summed E-state index contributed by atoms with van der Waals surface area (Å²) in [6.07, 6.45) is 2.77. The smallest absolute Gasteiger partial charge is 0.0451 e. The number of likely N-dealkylation sites (N-methyl/N-ethyl adjacent to an activating group) is 1. The minimum atomic E-state index is 0.283. The van der Waals surface area contributed by atoms with Crippen molar-refractivity contribution in [3.8, 4) is 0 Å². The van der Waals surface area contributed by atoms with Gasteiger partial charge in [0, 0.05) is 28.8 Å². The fourth-order valence-electron chi connectivity index (χ4n) is 2.29. The van der Waals surface area contributed by atoms with Crippen molar-refractivity contribution < 1.29 is 0 Å². The van der Waals surface area contributed by atoms with E-state index in [0.29, 0.717) is 0 Å². The van der Waals surface area contributed by atoms with Gasteiger partial charge in [0.2, 0.25) is 0 Å². The SMILES string of the molecule is CNC(Cc1ncccc1C)c1cccc(Br)c1C. The maximum absolute atomic E-state index is 4.49. The fourth-order valence-corrected chi connectivity index (χ4v) is 2.68. The largest absolute Gasteiger partial charge is 0.313 e. The van der Waals surface area contributed by atoms with Crippen LogP contribution in [0.25, 0.3) is 0 Å². The van der Waals surface area contributed by atoms with E-state index < -0.39 is 0 Å². The fraction of sp³-hybridized carbons (Fsp3) is 0.312. The summed E-state index contributed by atoms with van der Waals surface area (Å²) in [6.45, 7) is 4.26. The van der Waals surface area contributed by atoms with Gasteiger partial charge in [0.15, 0.2) is 0 Å². The second-order valence-corrected chi connectivity index (χ2v) is 5.62. The summed E-state index contributed by atoms with van der Waals surface area (Å²) in [6, 6.07) is 10.7. The van der Waals surface area contributed by atoms with Crippen molar-refractivity contribution in [2.75, 3.05) is 7.05 Å². The molecule has 0 saturated heterocycles. The van der Waals surface area contributed by atoms with E-state index in [-0.39, 0.29) is 6.04 Å². The Morgan fingerprint density at radius 2 is 2.00 bits per heavy atom. The second-order valence-electron chi connectivity index (χ2n) is 4.77. The molecule has 1 atom stereocenters. The predicted molar refractivity (Wildman–Crippen MR) is 83.4 cm³/mol. The van der Waals surface area contributed by atoms with E-state index in [4.69, 9.17) is 0 Å². The van der Waals surface area contributed by atoms with Gasteiger partial charge in [0.25, 0.3) is 0 Å². The van der Waals surface area contributed by atoms with E-state index in [1.807, 2.05) is 19.3 Å². The van der Waals surface area contributed by atoms with Crippen molar-refractivity contribution in [1.29, 1.82) is 0 Å². The molecule has 0 aliphatic carbocycles. The normalized spacial score (nSPS) is 12.4. The summed E-state index contributed by atoms with van der Waals surface area (Å²) in [5.74, 6) is 0. The van der Waals surface area contributed by atoms with Crippen LogP contribution in [0.5, 0.6) is 0 Å². The number of nitrogens with zero attached hydrogens (tertiary/aromatic N) is 1. The summed E-state index contributed by atoms with van der Waals surface area (Å²) < 4.78 is 1.16. The van der Waals surface area contributed by atoms with Crippen molar-refractivity contribution in [3.05, 3.63) is 63.4 Å². The highest BCUT2D eigenvalue weighted by Crippen LogP contribution is 2.26. The highest BCUT2D eigenvalue weighted by molar-refractivity contribution is 9.10. The molecule has 1 heterocycles. The van der Waals surface area contributed by atoms with Crippen LogP contribution in [-0.2, 0) is 6.42 Å². The summed E-state index contributed by atoms with van der Waals surface area (Å²) in [4.78, 5) is 4.49. The topological polar surface area (TPSA) is 24.9 Å². The molecule has 2 aromatic rings. The van der Waals surface area contributed by atoms with Crippen LogP contribution in [0.3, 0.4) is 0 Å². The molecule has 0 spiro atoms. The lowest BCUT2D eigenvalue weighted by Gasteiger charge is -2.20. The van der Waals surface area contributed by atoms with Gasteiger partial charge >= 0.3 is 0 Å². The van der Waals surface area contributed by atoms with Gasteiger partial charge in [-0.1, -0.05) is 34.1 Å². The number of hydrogen-bond acceptors (Lipinski definition) is 2. The Bertz CT molecular complexity index is 566. The highest BCUT2D eigenvalue weighted by Gasteiger charge is 2.15. The zero-order valence-electron chi connectivity index (χ0n) is 11.6. The Balaban J connectivity index is 2.31. The van der Waals surface area contributed by atoms with E-state index in [1.54, 1.807) is 0 Å². The van der Waals surface area contributed by atoms with Gasteiger partial charge in [0.05, 0.1) is 0 Å². The number of pyridine rings is 1. The molecule has 0 amide bonds. The van der Waals surface area contributed by atoms with Crippen molar-refractivity contribution in [2.24, 2.45) is 0 Å². The van der Waals surface area contributed by atoms with Gasteiger partial charge in [-0.25, -0.2) is 0 Å². The summed E-state index contributed by atoms with van der Waals surface area (Å²) in [5, 5.41) is 3.40. The van der Waals surface area contributed by atoms with Crippen molar-refractivity contribution in [3.63, 3.8) is 0 Å². The first-order chi connectivity index (χ1) is 9.13. The standard InChI is InChI=1S/C16H19BrN2/c1-11-6-5-9-19-15(11)10-16(18-3)13-7-4-8-14(17)12(13)2/h4-9,16,18H,10H2,1-3H3. The quantitative estimate of drug-likeness (QED) is 0.922. The van der Waals surface area contributed by atoms with Gasteiger partial charge < -0.3 is 5.32 Å². The Labute approximate surface area is 123 Å². The molecule has 1 N–H and O–H groups in total. The van der Waals surface area contributed by atoms with Gasteiger partial charge in [0.1, 0.15) is 0 Å². The first-order valence-electron chi connectivity index (χ1n) is 6.46. The van der Waals surface area contributed by atoms with Gasteiger partial charge in [-0.2, -0.15) is 0 Å². The van der Waals surface area contributed by atoms with E-state index in [1.165, 1.54) is 16.7 Å². The Kier molecular flexibility index (Phi) is 4.72. The molecule has 1 aromatic carbocycles. The van der Waals surface area contributed by atoms with Crippen molar-refractivity contribution >= 4 is 15.9 Å². The summed E-state index contributed by atoms with van der Waals surface area (Å²) >= 11 is 3.60. The molecule has 19 heavy (non-hydrogen) atoms. The first-order valence-corrected chi connectivity index (χ1v) is 7.25. The third-order valence-electron chi connectivity index (χ3n) is 3.55. The number of halogens is 1. The molecule has 2 rings (SSSR count). The number of rotatable bonds is 4. The van der Waals surface area contributed by atoms with Crippen molar-refractivity contribution in [1.82, 2.24) is 10.3 Å². The maximum atomic E-state index is 4.49. The monoisotopic (exact) mass is 318 g/mol. The predicted octanol–water partition coefficient (Wildman–Crippen LogP) is 3.96. The summed E-state index contributed by atoms with van der Waals surface area (Å²) in [5.41, 5.74) is 5.01. The molecule has 0 saturated carbocycles. The number of hydrogen-bond donors (Lipinski definition) is 1. The van der Waals surface area contributed by atoms with Gasteiger partial charge in [-0.3, -0.25) is 4.98 Å². The number of benzene rings is 1. The maximum Gasteiger partial charge on any atom is 0.0451 e. The number of aryl methyl sites for hydroxylation is 1. The molecule has 2 nitrogen and oxygen atoms in total. The Morgan fingerprint density at radius 3 is 2.68 bits per heavy atom. The lowest BCUT2D eigenvalue weighted by atomic mass is 9.96. The van der Waals surface area contributed by atoms with E-state index in [9.17, 15) is 0 Å². The van der Waals surface area contributed by atoms with Crippen LogP contribution in [0.2, 0.25) is 0 Å². The third kappa shape index (κ3) is 3.23. The zero-order chi connectivity index (χ0) is 13.8.